The van der Waals surface area contributed by atoms with Gasteiger partial charge in [-0.15, -0.1) is 0 Å². The molecule has 0 aliphatic carbocycles. The van der Waals surface area contributed by atoms with Gasteiger partial charge in [-0.2, -0.15) is 0 Å². The van der Waals surface area contributed by atoms with Crippen LogP contribution < -0.4 is 41.4 Å². The molecule has 24 heteroatoms. The van der Waals surface area contributed by atoms with Crippen molar-refractivity contribution in [2.75, 3.05) is 51.0 Å². The number of imidazole rings is 2. The Kier molecular flexibility index (Phi) is 20.6. The second-order valence-electron chi connectivity index (χ2n) is 21.4. The molecule has 0 radical (unpaired) electrons. The lowest BCUT2D eigenvalue weighted by atomic mass is 10.0. The monoisotopic (exact) mass is 1250 g/mol. The molecule has 6 amide bonds. The fraction of sp³-hybridized carbons (Fsp3) is 0.303. The third-order valence-corrected chi connectivity index (χ3v) is 17.5. The molecule has 6 N–H and O–H groups in total. The largest absolute Gasteiger partial charge is 0.481 e. The van der Waals surface area contributed by atoms with Crippen molar-refractivity contribution in [3.8, 4) is 79.4 Å². The van der Waals surface area contributed by atoms with Crippen LogP contribution in [-0.4, -0.2) is 139 Å². The van der Waals surface area contributed by atoms with E-state index in [1.807, 2.05) is 96.3 Å². The van der Waals surface area contributed by atoms with Crippen LogP contribution in [0, 0.1) is 23.7 Å². The maximum absolute atomic E-state index is 14.6. The molecule has 6 heterocycles. The molecule has 10 rings (SSSR count). The molecule has 2 aliphatic heterocycles. The van der Waals surface area contributed by atoms with Gasteiger partial charge in [0.15, 0.2) is 21.7 Å². The van der Waals surface area contributed by atoms with Crippen LogP contribution in [0.15, 0.2) is 134 Å². The maximum Gasteiger partial charge on any atom is 0.250 e. The van der Waals surface area contributed by atoms with Crippen LogP contribution in [0.5, 0.6) is 11.5 Å². The molecule has 90 heavy (non-hydrogen) atoms. The Balaban J connectivity index is 0.745. The highest BCUT2D eigenvalue weighted by atomic mass is 32.1. The van der Waals surface area contributed by atoms with E-state index >= 15 is 0 Å². The predicted molar refractivity (Wildman–Crippen MR) is 344 cm³/mol. The standard InChI is InChI=1S/C66H68N14O8S2/c1-41(67-3)57(81)71-53(65(85)79-35-17-23-49(79)59(83)75-61-51(43-19-11-9-12-20-43)73-63(89-61)55-69-33-37-77(55)5)45-25-29-47(30-26-45)87-39-15-7-8-16-40-88-48-31-27-46(28-32-48)54(72-58(82)42(2)68-4)66(86)80-36-18-24-50(80)60(84)76-62-52(44-21-13-10-14-22-44)74-64(90-62)56-70-34-38-78(56)6/h9-14,19-22,25-34,37-38,41-42,49-50,53-54,67-68H,17-18,23-24,35-36,39-40H2,1-6H3,(H,71,81)(H,72,82)(H,75,83)(H,76,84)/t41-,42-,49-,50-,53-,54-/m0/s1. The Morgan fingerprint density at radius 1 is 0.567 bits per heavy atom. The van der Waals surface area contributed by atoms with Crippen LogP contribution in [0.25, 0.3) is 44.2 Å². The van der Waals surface area contributed by atoms with E-state index < -0.39 is 59.9 Å². The summed E-state index contributed by atoms with van der Waals surface area (Å²) in [7, 11) is 7.06. The molecule has 0 spiro atoms. The highest BCUT2D eigenvalue weighted by Crippen LogP contribution is 2.40. The maximum atomic E-state index is 14.6. The third kappa shape index (κ3) is 14.8. The number of carbonyl (C=O) groups is 6. The minimum atomic E-state index is -1.11. The van der Waals surface area contributed by atoms with Crippen molar-refractivity contribution < 1.29 is 38.2 Å². The first-order valence-electron chi connectivity index (χ1n) is 29.4. The van der Waals surface area contributed by atoms with Gasteiger partial charge in [-0.1, -0.05) is 108 Å². The topological polar surface area (TPSA) is 261 Å². The number of likely N-dealkylation sites (tertiary alicyclic amines) is 2. The number of anilines is 2. The van der Waals surface area contributed by atoms with Gasteiger partial charge in [0.05, 0.1) is 12.1 Å². The Labute approximate surface area is 529 Å². The second-order valence-corrected chi connectivity index (χ2v) is 23.4. The minimum absolute atomic E-state index is 0.00422. The lowest BCUT2D eigenvalue weighted by Gasteiger charge is -2.29. The highest BCUT2D eigenvalue weighted by Gasteiger charge is 2.41. The number of likely N-dealkylation sites (N-methyl/N-ethyl adjacent to an activating group) is 2. The molecule has 2 fully saturated rings. The average molecular weight is 1250 g/mol. The average Bonchev–Trinajstić information content (AvgIpc) is 1.65. The number of nitrogens with zero attached hydrogens (tertiary/aromatic N) is 8. The number of hydrogen-bond acceptors (Lipinski definition) is 16. The van der Waals surface area contributed by atoms with E-state index in [0.717, 1.165) is 11.1 Å². The van der Waals surface area contributed by atoms with Crippen molar-refractivity contribution in [3.05, 3.63) is 145 Å². The van der Waals surface area contributed by atoms with E-state index in [9.17, 15) is 28.8 Å². The molecule has 462 valence electrons. The van der Waals surface area contributed by atoms with Crippen molar-refractivity contribution in [2.45, 2.75) is 75.8 Å². The molecule has 0 bridgehead atoms. The SMILES string of the molecule is CN[C@@H](C)C(=O)N[C@H](C(=O)N1CCC[C@H]1C(=O)Nc1sc(-c2nccn2C)nc1-c1ccccc1)c1ccc(OCC#CC#CCOc2ccc([C@H](NC(=O)[C@H](C)NC)C(=O)N3CCC[C@H]3C(=O)Nc3sc(-c4nccn4C)nc3-c3ccccc3)cc2)cc1. The molecule has 0 saturated carbocycles. The first-order valence-corrected chi connectivity index (χ1v) is 31.0. The van der Waals surface area contributed by atoms with Crippen LogP contribution in [0.4, 0.5) is 10.0 Å². The van der Waals surface area contributed by atoms with Crippen molar-refractivity contribution in [1.82, 2.24) is 60.1 Å². The van der Waals surface area contributed by atoms with Gasteiger partial charge in [-0.25, -0.2) is 19.9 Å². The number of nitrogens with one attached hydrogen (secondary N) is 6. The first-order chi connectivity index (χ1) is 43.7. The zero-order chi connectivity index (χ0) is 63.3. The Bertz CT molecular complexity index is 3740. The van der Waals surface area contributed by atoms with E-state index in [1.54, 1.807) is 88.9 Å². The number of rotatable bonds is 22. The summed E-state index contributed by atoms with van der Waals surface area (Å²) in [4.78, 5) is 106. The van der Waals surface area contributed by atoms with Crippen LogP contribution in [0.2, 0.25) is 0 Å². The molecule has 22 nitrogen and oxygen atoms in total. The van der Waals surface area contributed by atoms with E-state index in [4.69, 9.17) is 19.4 Å². The predicted octanol–water partition coefficient (Wildman–Crippen LogP) is 6.99. The molecular weight excluding hydrogens is 1180 g/mol. The summed E-state index contributed by atoms with van der Waals surface area (Å²) in [5.41, 5.74) is 3.81. The number of aryl methyl sites for hydroxylation is 2. The molecule has 2 saturated heterocycles. The van der Waals surface area contributed by atoms with Gasteiger partial charge in [0, 0.05) is 63.1 Å². The van der Waals surface area contributed by atoms with Gasteiger partial charge in [-0.05, 0) is 113 Å². The van der Waals surface area contributed by atoms with Crippen LogP contribution in [-0.2, 0) is 42.9 Å². The van der Waals surface area contributed by atoms with Crippen molar-refractivity contribution >= 4 is 68.1 Å². The van der Waals surface area contributed by atoms with E-state index in [-0.39, 0.29) is 25.0 Å². The van der Waals surface area contributed by atoms with Gasteiger partial charge in [-0.3, -0.25) is 28.8 Å². The summed E-state index contributed by atoms with van der Waals surface area (Å²) in [5.74, 6) is 11.1. The fourth-order valence-electron chi connectivity index (χ4n) is 10.3. The van der Waals surface area contributed by atoms with Gasteiger partial charge in [0.25, 0.3) is 0 Å². The number of hydrogen-bond donors (Lipinski definition) is 6. The summed E-state index contributed by atoms with van der Waals surface area (Å²) in [5, 5.41) is 20.2. The Morgan fingerprint density at radius 3 is 1.31 bits per heavy atom. The Morgan fingerprint density at radius 2 is 0.956 bits per heavy atom. The minimum Gasteiger partial charge on any atom is -0.481 e. The molecule has 2 aliphatic rings. The van der Waals surface area contributed by atoms with Crippen molar-refractivity contribution in [1.29, 1.82) is 0 Å². The number of amides is 6. The lowest BCUT2D eigenvalue weighted by Crippen LogP contribution is -2.51. The smallest absolute Gasteiger partial charge is 0.250 e. The highest BCUT2D eigenvalue weighted by molar-refractivity contribution is 7.20. The first kappa shape index (κ1) is 63.1. The summed E-state index contributed by atoms with van der Waals surface area (Å²) in [6, 6.07) is 27.5. The Hall–Kier alpha value is -9.98. The molecule has 8 aromatic rings. The zero-order valence-electron chi connectivity index (χ0n) is 50.5. The van der Waals surface area contributed by atoms with Gasteiger partial charge < -0.3 is 60.3 Å². The normalized spacial score (nSPS) is 15.7. The fourth-order valence-corrected chi connectivity index (χ4v) is 12.4. The van der Waals surface area contributed by atoms with Gasteiger partial charge in [0.1, 0.15) is 70.3 Å². The zero-order valence-corrected chi connectivity index (χ0v) is 52.1. The summed E-state index contributed by atoms with van der Waals surface area (Å²) >= 11 is 2.61. The molecule has 4 aromatic carbocycles. The lowest BCUT2D eigenvalue weighted by molar-refractivity contribution is -0.140. The number of ether oxygens (including phenoxy) is 2. The summed E-state index contributed by atoms with van der Waals surface area (Å²) < 4.78 is 15.5. The molecular formula is C66H68N14O8S2. The quantitative estimate of drug-likeness (QED) is 0.0374. The number of carbonyl (C=O) groups excluding carboxylic acids is 6. The second kappa shape index (κ2) is 29.3. The molecule has 6 atom stereocenters. The van der Waals surface area contributed by atoms with Crippen LogP contribution in [0.1, 0.15) is 62.7 Å². The summed E-state index contributed by atoms with van der Waals surface area (Å²) in [6.07, 6.45) is 9.05. The van der Waals surface area contributed by atoms with Crippen LogP contribution in [0.3, 0.4) is 0 Å². The van der Waals surface area contributed by atoms with Crippen molar-refractivity contribution in [3.63, 3.8) is 0 Å². The van der Waals surface area contributed by atoms with E-state index in [1.165, 1.54) is 32.5 Å². The van der Waals surface area contributed by atoms with E-state index in [0.29, 0.717) is 104 Å². The van der Waals surface area contributed by atoms with E-state index in [2.05, 4.69) is 65.6 Å². The van der Waals surface area contributed by atoms with Crippen molar-refractivity contribution in [2.24, 2.45) is 14.1 Å². The number of aromatic nitrogens is 6. The summed E-state index contributed by atoms with van der Waals surface area (Å²) in [6.45, 7) is 4.00. The number of benzene rings is 4. The number of thiazole rings is 2. The van der Waals surface area contributed by atoms with Gasteiger partial charge in [0.2, 0.25) is 35.4 Å². The third-order valence-electron chi connectivity index (χ3n) is 15.5. The van der Waals surface area contributed by atoms with Gasteiger partial charge >= 0.3 is 0 Å². The van der Waals surface area contributed by atoms with Crippen LogP contribution >= 0.6 is 22.7 Å². The molecule has 0 unspecified atom stereocenters. The molecule has 4 aromatic heterocycles.